The minimum absolute atomic E-state index is 0.110. The number of non-ortho nitro benzene ring substituents is 1. The van der Waals surface area contributed by atoms with Crippen LogP contribution in [0.2, 0.25) is 0 Å². The number of thioether (sulfide) groups is 1. The molecule has 0 aliphatic carbocycles. The highest BCUT2D eigenvalue weighted by Gasteiger charge is 2.24. The number of quaternary nitrogens is 1. The Kier molecular flexibility index (Phi) is 11.4. The van der Waals surface area contributed by atoms with E-state index < -0.39 is 58.5 Å². The molecule has 3 atom stereocenters. The van der Waals surface area contributed by atoms with Crippen molar-refractivity contribution >= 4 is 47.2 Å². The Balaban J connectivity index is 2.85. The van der Waals surface area contributed by atoms with Crippen LogP contribution in [0.4, 0.5) is 5.69 Å². The molecule has 0 saturated heterocycles. The molecule has 0 aliphatic rings. The van der Waals surface area contributed by atoms with Crippen LogP contribution in [0.5, 0.6) is 0 Å². The van der Waals surface area contributed by atoms with Gasteiger partial charge in [-0.25, -0.2) is 0 Å². The Morgan fingerprint density at radius 1 is 1.03 bits per heavy atom. The topological polar surface area (TPSA) is 249 Å². The van der Waals surface area contributed by atoms with E-state index in [4.69, 9.17) is 0 Å². The summed E-state index contributed by atoms with van der Waals surface area (Å²) in [5.41, 5.74) is 3.56. The number of hydrogen-bond acceptors (Lipinski definition) is 11. The molecule has 0 aliphatic heterocycles. The van der Waals surface area contributed by atoms with Gasteiger partial charge in [-0.05, 0) is 12.0 Å². The van der Waals surface area contributed by atoms with E-state index in [0.29, 0.717) is 5.56 Å². The van der Waals surface area contributed by atoms with Gasteiger partial charge in [0.15, 0.2) is 0 Å². The normalized spacial score (nSPS) is 13.2. The predicted octanol–water partition coefficient (Wildman–Crippen LogP) is -5.52. The maximum atomic E-state index is 12.3. The van der Waals surface area contributed by atoms with Gasteiger partial charge in [0.25, 0.3) is 5.69 Å². The number of nitrogens with zero attached hydrogens (tertiary/aromatic N) is 1. The van der Waals surface area contributed by atoms with E-state index in [9.17, 15) is 49.4 Å². The molecular formula is C19H22N4O10S-2. The number of rotatable bonds is 15. The summed E-state index contributed by atoms with van der Waals surface area (Å²) in [7, 11) is 0. The number of nitro benzene ring substituents is 1. The molecule has 5 N–H and O–H groups in total. The van der Waals surface area contributed by atoms with Crippen molar-refractivity contribution in [2.24, 2.45) is 0 Å². The summed E-state index contributed by atoms with van der Waals surface area (Å²) in [4.78, 5) is 67.4. The van der Waals surface area contributed by atoms with Gasteiger partial charge in [0.05, 0.1) is 29.4 Å². The van der Waals surface area contributed by atoms with Gasteiger partial charge in [-0.2, -0.15) is 0 Å². The summed E-state index contributed by atoms with van der Waals surface area (Å²) >= 11 is 0.726. The maximum Gasteiger partial charge on any atom is 0.269 e. The van der Waals surface area contributed by atoms with Crippen LogP contribution in [-0.2, 0) is 30.4 Å². The largest absolute Gasteiger partial charge is 0.549 e. The van der Waals surface area contributed by atoms with Crippen LogP contribution in [0.1, 0.15) is 18.4 Å². The minimum Gasteiger partial charge on any atom is -0.549 e. The fraction of sp³-hybridized carbons (Fsp3) is 0.421. The molecule has 1 unspecified atom stereocenters. The summed E-state index contributed by atoms with van der Waals surface area (Å²) in [5.74, 6) is -6.52. The number of amides is 2. The van der Waals surface area contributed by atoms with Gasteiger partial charge < -0.3 is 46.1 Å². The van der Waals surface area contributed by atoms with E-state index >= 15 is 0 Å². The first-order valence-corrected chi connectivity index (χ1v) is 10.8. The minimum atomic E-state index is -1.59. The first kappa shape index (κ1) is 28.3. The highest BCUT2D eigenvalue weighted by atomic mass is 32.2. The van der Waals surface area contributed by atoms with Crippen LogP contribution >= 0.6 is 11.8 Å². The van der Waals surface area contributed by atoms with Gasteiger partial charge >= 0.3 is 0 Å². The summed E-state index contributed by atoms with van der Waals surface area (Å²) in [6, 6.07) is 2.60. The van der Waals surface area contributed by atoms with E-state index in [2.05, 4.69) is 11.1 Å². The number of nitrogens with one attached hydrogen (secondary N) is 2. The van der Waals surface area contributed by atoms with E-state index in [1.54, 1.807) is 0 Å². The van der Waals surface area contributed by atoms with Gasteiger partial charge in [-0.3, -0.25) is 19.7 Å². The van der Waals surface area contributed by atoms with Crippen molar-refractivity contribution in [2.75, 3.05) is 12.3 Å². The fourth-order valence-electron chi connectivity index (χ4n) is 2.55. The number of hydrogen-bond donors (Lipinski definition) is 3. The number of carboxylic acids is 3. The predicted molar refractivity (Wildman–Crippen MR) is 109 cm³/mol. The Labute approximate surface area is 197 Å². The highest BCUT2D eigenvalue weighted by molar-refractivity contribution is 8.00. The van der Waals surface area contributed by atoms with Crippen molar-refractivity contribution in [1.82, 2.24) is 10.6 Å². The van der Waals surface area contributed by atoms with Crippen molar-refractivity contribution in [1.29, 1.82) is 0 Å². The molecule has 1 aromatic carbocycles. The second-order valence-electron chi connectivity index (χ2n) is 7.03. The van der Waals surface area contributed by atoms with Crippen LogP contribution < -0.4 is 31.7 Å². The number of nitro groups is 1. The second kappa shape index (κ2) is 13.7. The van der Waals surface area contributed by atoms with E-state index in [0.717, 1.165) is 11.8 Å². The van der Waals surface area contributed by atoms with Crippen LogP contribution in [0.15, 0.2) is 24.3 Å². The van der Waals surface area contributed by atoms with Crippen molar-refractivity contribution in [3.63, 3.8) is 0 Å². The molecule has 0 bridgehead atoms. The molecule has 2 amide bonds. The Morgan fingerprint density at radius 2 is 1.65 bits per heavy atom. The van der Waals surface area contributed by atoms with Gasteiger partial charge in [0.2, 0.25) is 11.8 Å². The zero-order chi connectivity index (χ0) is 25.8. The molecule has 14 nitrogen and oxygen atoms in total. The first-order valence-electron chi connectivity index (χ1n) is 9.77. The average molecular weight is 498 g/mol. The number of aliphatic carboxylic acids is 3. The van der Waals surface area contributed by atoms with Crippen molar-refractivity contribution < 1.29 is 49.9 Å². The molecule has 0 radical (unpaired) electrons. The van der Waals surface area contributed by atoms with Crippen LogP contribution in [0.3, 0.4) is 0 Å². The molecule has 0 heterocycles. The third kappa shape index (κ3) is 10.3. The van der Waals surface area contributed by atoms with Crippen molar-refractivity contribution in [3.05, 3.63) is 39.9 Å². The van der Waals surface area contributed by atoms with Crippen LogP contribution in [0, 0.1) is 10.1 Å². The lowest BCUT2D eigenvalue weighted by molar-refractivity contribution is -0.438. The van der Waals surface area contributed by atoms with Crippen molar-refractivity contribution in [3.8, 4) is 0 Å². The van der Waals surface area contributed by atoms with Crippen molar-refractivity contribution in [2.45, 2.75) is 36.6 Å². The number of carbonyl (C=O) groups is 5. The molecule has 0 aromatic heterocycles. The highest BCUT2D eigenvalue weighted by Crippen LogP contribution is 2.20. The zero-order valence-corrected chi connectivity index (χ0v) is 18.5. The van der Waals surface area contributed by atoms with E-state index in [1.807, 2.05) is 5.32 Å². The number of benzene rings is 1. The molecule has 15 heteroatoms. The standard InChI is InChI=1S/C19H24N4O10S/c20-12(18(28)29)5-6-15(24)22-13(17(27)21-8-16(25)26)9-34-14(19(30)31)7-10-1-3-11(4-2-10)23(32)33/h1-4,12-14H,5-9,20H2,(H,21,27)(H,22,24)(H,25,26)(H,28,29)(H,30,31)/p-2/t12-,13-,14?/m0/s1. The molecule has 0 spiro atoms. The maximum absolute atomic E-state index is 12.3. The first-order chi connectivity index (χ1) is 15.9. The fourth-order valence-corrected chi connectivity index (χ4v) is 3.65. The Hall–Kier alpha value is -3.72. The number of carbonyl (C=O) groups excluding carboxylic acids is 5. The molecule has 186 valence electrons. The molecule has 0 saturated carbocycles. The van der Waals surface area contributed by atoms with Gasteiger partial charge in [-0.1, -0.05) is 12.1 Å². The lowest BCUT2D eigenvalue weighted by atomic mass is 10.1. The smallest absolute Gasteiger partial charge is 0.269 e. The summed E-state index contributed by atoms with van der Waals surface area (Å²) in [6.45, 7) is -0.853. The number of carboxylic acid groups (broad SMARTS) is 3. The third-order valence-corrected chi connectivity index (χ3v) is 5.69. The van der Waals surface area contributed by atoms with Gasteiger partial charge in [-0.15, -0.1) is 11.8 Å². The van der Waals surface area contributed by atoms with Crippen LogP contribution in [-0.4, -0.2) is 64.3 Å². The van der Waals surface area contributed by atoms with Gasteiger partial charge in [0, 0.05) is 36.0 Å². The summed E-state index contributed by atoms with van der Waals surface area (Å²) < 4.78 is 0. The summed E-state index contributed by atoms with van der Waals surface area (Å²) in [5, 5.41) is 46.7. The van der Waals surface area contributed by atoms with Gasteiger partial charge in [0.1, 0.15) is 12.1 Å². The molecule has 1 aromatic rings. The lowest BCUT2D eigenvalue weighted by Crippen LogP contribution is -2.68. The average Bonchev–Trinajstić information content (AvgIpc) is 2.77. The summed E-state index contributed by atoms with van der Waals surface area (Å²) in [6.07, 6.45) is -0.624. The lowest BCUT2D eigenvalue weighted by Gasteiger charge is -2.23. The third-order valence-electron chi connectivity index (χ3n) is 4.41. The molecule has 0 fully saturated rings. The SMILES string of the molecule is [NH3+][C@@H](CCC(=O)N[C@@H](CSC(Cc1ccc([N+](=O)[O-])cc1)C(=O)[O-])C(=O)NCC(=O)[O-])C(=O)[O-]. The Bertz CT molecular complexity index is 924. The molecule has 34 heavy (non-hydrogen) atoms. The Morgan fingerprint density at radius 3 is 2.15 bits per heavy atom. The van der Waals surface area contributed by atoms with Crippen LogP contribution in [0.25, 0.3) is 0 Å². The second-order valence-corrected chi connectivity index (χ2v) is 8.27. The molecular weight excluding hydrogens is 476 g/mol. The van der Waals surface area contributed by atoms with E-state index in [-0.39, 0.29) is 30.7 Å². The zero-order valence-electron chi connectivity index (χ0n) is 17.7. The molecule has 1 rings (SSSR count). The van der Waals surface area contributed by atoms with E-state index in [1.165, 1.54) is 24.3 Å². The quantitative estimate of drug-likeness (QED) is 0.152. The monoisotopic (exact) mass is 498 g/mol.